The third-order valence-electron chi connectivity index (χ3n) is 3.60. The van der Waals surface area contributed by atoms with Gasteiger partial charge in [-0.1, -0.05) is 0 Å². The Hall–Kier alpha value is -0.610. The zero-order valence-electron chi connectivity index (χ0n) is 9.61. The highest BCUT2D eigenvalue weighted by atomic mass is 16.7. The smallest absolute Gasteiger partial charge is 0.303 e. The number of carbonyl (C=O) groups is 1. The van der Waals surface area contributed by atoms with Crippen LogP contribution in [0.3, 0.4) is 0 Å². The summed E-state index contributed by atoms with van der Waals surface area (Å²) < 4.78 is 11.6. The normalized spacial score (nSPS) is 35.1. The van der Waals surface area contributed by atoms with Crippen LogP contribution in [0, 0.1) is 5.92 Å². The number of carboxylic acid groups (broad SMARTS) is 1. The van der Waals surface area contributed by atoms with Crippen LogP contribution in [0.1, 0.15) is 44.9 Å². The largest absolute Gasteiger partial charge is 0.481 e. The number of rotatable bonds is 3. The summed E-state index contributed by atoms with van der Waals surface area (Å²) in [6, 6.07) is 0. The fourth-order valence-corrected chi connectivity index (χ4v) is 2.54. The maximum absolute atomic E-state index is 10.5. The van der Waals surface area contributed by atoms with E-state index in [4.69, 9.17) is 14.6 Å². The molecule has 0 aliphatic carbocycles. The third kappa shape index (κ3) is 2.95. The Bertz CT molecular complexity index is 235. The van der Waals surface area contributed by atoms with Crippen molar-refractivity contribution in [2.75, 3.05) is 13.2 Å². The van der Waals surface area contributed by atoms with Crippen molar-refractivity contribution in [3.8, 4) is 0 Å². The molecule has 2 unspecified atom stereocenters. The molecule has 2 rings (SSSR count). The molecule has 2 aliphatic heterocycles. The fraction of sp³-hybridized carbons (Fsp3) is 0.917. The van der Waals surface area contributed by atoms with E-state index >= 15 is 0 Å². The lowest BCUT2D eigenvalue weighted by Crippen LogP contribution is -2.44. The molecule has 92 valence electrons. The fourth-order valence-electron chi connectivity index (χ4n) is 2.54. The molecule has 4 nitrogen and oxygen atoms in total. The Kier molecular flexibility index (Phi) is 3.82. The Balaban J connectivity index is 1.75. The van der Waals surface area contributed by atoms with Gasteiger partial charge in [-0.15, -0.1) is 0 Å². The van der Waals surface area contributed by atoms with E-state index in [2.05, 4.69) is 0 Å². The molecule has 0 amide bonds. The molecule has 0 aromatic carbocycles. The average Bonchev–Trinajstić information content (AvgIpc) is 2.29. The van der Waals surface area contributed by atoms with E-state index < -0.39 is 5.97 Å². The van der Waals surface area contributed by atoms with Crippen LogP contribution in [0.4, 0.5) is 0 Å². The van der Waals surface area contributed by atoms with Crippen LogP contribution in [0.25, 0.3) is 0 Å². The Morgan fingerprint density at radius 2 is 2.19 bits per heavy atom. The molecule has 0 aromatic heterocycles. The van der Waals surface area contributed by atoms with E-state index in [1.54, 1.807) is 0 Å². The van der Waals surface area contributed by atoms with Crippen LogP contribution in [-0.4, -0.2) is 30.1 Å². The molecule has 2 heterocycles. The Labute approximate surface area is 95.9 Å². The summed E-state index contributed by atoms with van der Waals surface area (Å²) in [6.07, 6.45) is 6.25. The van der Waals surface area contributed by atoms with Gasteiger partial charge in [-0.05, 0) is 31.6 Å². The number of hydrogen-bond donors (Lipinski definition) is 1. The van der Waals surface area contributed by atoms with Crippen LogP contribution < -0.4 is 0 Å². The summed E-state index contributed by atoms with van der Waals surface area (Å²) in [7, 11) is 0. The molecular formula is C12H20O4. The van der Waals surface area contributed by atoms with Crippen molar-refractivity contribution in [3.63, 3.8) is 0 Å². The SMILES string of the molecule is O=C(O)CCC1CCC2(CCCCO2)OC1. The second kappa shape index (κ2) is 5.15. The molecule has 0 radical (unpaired) electrons. The first-order chi connectivity index (χ1) is 7.70. The van der Waals surface area contributed by atoms with E-state index in [1.807, 2.05) is 0 Å². The molecule has 0 saturated carbocycles. The summed E-state index contributed by atoms with van der Waals surface area (Å²) in [5.74, 6) is -0.640. The van der Waals surface area contributed by atoms with Gasteiger partial charge in [-0.2, -0.15) is 0 Å². The van der Waals surface area contributed by atoms with Crippen LogP contribution in [0.15, 0.2) is 0 Å². The summed E-state index contributed by atoms with van der Waals surface area (Å²) in [4.78, 5) is 10.5. The molecule has 2 fully saturated rings. The minimum absolute atomic E-state index is 0.252. The van der Waals surface area contributed by atoms with Gasteiger partial charge in [0.15, 0.2) is 5.79 Å². The van der Waals surface area contributed by atoms with Gasteiger partial charge in [0.1, 0.15) is 0 Å². The van der Waals surface area contributed by atoms with Crippen LogP contribution >= 0.6 is 0 Å². The van der Waals surface area contributed by atoms with E-state index in [1.165, 1.54) is 6.42 Å². The molecule has 4 heteroatoms. The maximum Gasteiger partial charge on any atom is 0.303 e. The zero-order valence-corrected chi connectivity index (χ0v) is 9.61. The van der Waals surface area contributed by atoms with Gasteiger partial charge in [0.25, 0.3) is 0 Å². The van der Waals surface area contributed by atoms with Crippen LogP contribution in [-0.2, 0) is 14.3 Å². The topological polar surface area (TPSA) is 55.8 Å². The first-order valence-electron chi connectivity index (χ1n) is 6.20. The second-order valence-electron chi connectivity index (χ2n) is 4.86. The quantitative estimate of drug-likeness (QED) is 0.804. The second-order valence-corrected chi connectivity index (χ2v) is 4.86. The van der Waals surface area contributed by atoms with Gasteiger partial charge in [-0.3, -0.25) is 4.79 Å². The molecule has 1 N–H and O–H groups in total. The van der Waals surface area contributed by atoms with Crippen LogP contribution in [0.2, 0.25) is 0 Å². The number of aliphatic carboxylic acids is 1. The molecular weight excluding hydrogens is 208 g/mol. The molecule has 2 aliphatic rings. The summed E-state index contributed by atoms with van der Waals surface area (Å²) in [6.45, 7) is 1.47. The molecule has 2 saturated heterocycles. The monoisotopic (exact) mass is 228 g/mol. The standard InChI is InChI=1S/C12H20O4/c13-11(14)4-3-10-5-7-12(16-9-10)6-1-2-8-15-12/h10H,1-9H2,(H,13,14). The van der Waals surface area contributed by atoms with Crippen LogP contribution in [0.5, 0.6) is 0 Å². The maximum atomic E-state index is 10.5. The predicted molar refractivity (Wildman–Crippen MR) is 58.1 cm³/mol. The van der Waals surface area contributed by atoms with Gasteiger partial charge in [0, 0.05) is 19.3 Å². The minimum atomic E-state index is -0.714. The molecule has 16 heavy (non-hydrogen) atoms. The van der Waals surface area contributed by atoms with Crippen molar-refractivity contribution >= 4 is 5.97 Å². The lowest BCUT2D eigenvalue weighted by atomic mass is 9.89. The third-order valence-corrected chi connectivity index (χ3v) is 3.60. The van der Waals surface area contributed by atoms with E-state index in [-0.39, 0.29) is 12.2 Å². The van der Waals surface area contributed by atoms with Crippen molar-refractivity contribution in [1.82, 2.24) is 0 Å². The van der Waals surface area contributed by atoms with Gasteiger partial charge in [0.2, 0.25) is 0 Å². The zero-order chi connectivity index (χ0) is 11.4. The number of carboxylic acids is 1. The molecule has 2 atom stereocenters. The lowest BCUT2D eigenvalue weighted by Gasteiger charge is -2.42. The van der Waals surface area contributed by atoms with Crippen molar-refractivity contribution in [1.29, 1.82) is 0 Å². The average molecular weight is 228 g/mol. The van der Waals surface area contributed by atoms with Gasteiger partial charge in [0.05, 0.1) is 13.2 Å². The highest BCUT2D eigenvalue weighted by Crippen LogP contribution is 2.37. The Morgan fingerprint density at radius 3 is 2.75 bits per heavy atom. The highest BCUT2D eigenvalue weighted by Gasteiger charge is 2.38. The van der Waals surface area contributed by atoms with E-state index in [9.17, 15) is 4.79 Å². The highest BCUT2D eigenvalue weighted by molar-refractivity contribution is 5.66. The lowest BCUT2D eigenvalue weighted by molar-refractivity contribution is -0.281. The molecule has 0 aromatic rings. The summed E-state index contributed by atoms with van der Waals surface area (Å²) in [5, 5.41) is 8.62. The van der Waals surface area contributed by atoms with Gasteiger partial charge >= 0.3 is 5.97 Å². The van der Waals surface area contributed by atoms with Crippen molar-refractivity contribution in [2.45, 2.75) is 50.7 Å². The van der Waals surface area contributed by atoms with Gasteiger partial charge < -0.3 is 14.6 Å². The predicted octanol–water partition coefficient (Wildman–Crippen LogP) is 2.17. The number of hydrogen-bond acceptors (Lipinski definition) is 3. The number of ether oxygens (including phenoxy) is 2. The molecule has 1 spiro atoms. The van der Waals surface area contributed by atoms with Crippen molar-refractivity contribution < 1.29 is 19.4 Å². The first kappa shape index (κ1) is 11.9. The Morgan fingerprint density at radius 1 is 1.31 bits per heavy atom. The molecule has 0 bridgehead atoms. The summed E-state index contributed by atoms with van der Waals surface area (Å²) >= 11 is 0. The van der Waals surface area contributed by atoms with Gasteiger partial charge in [-0.25, -0.2) is 0 Å². The minimum Gasteiger partial charge on any atom is -0.481 e. The van der Waals surface area contributed by atoms with E-state index in [0.717, 1.165) is 38.7 Å². The van der Waals surface area contributed by atoms with Crippen molar-refractivity contribution in [3.05, 3.63) is 0 Å². The summed E-state index contributed by atoms with van der Waals surface area (Å²) in [5.41, 5.74) is 0. The first-order valence-corrected chi connectivity index (χ1v) is 6.20. The van der Waals surface area contributed by atoms with E-state index in [0.29, 0.717) is 12.5 Å². The van der Waals surface area contributed by atoms with Crippen molar-refractivity contribution in [2.24, 2.45) is 5.92 Å².